The van der Waals surface area contributed by atoms with Gasteiger partial charge >= 0.3 is 0 Å². The van der Waals surface area contributed by atoms with E-state index in [2.05, 4.69) is 6.58 Å². The van der Waals surface area contributed by atoms with Gasteiger partial charge in [0.1, 0.15) is 24.0 Å². The highest BCUT2D eigenvalue weighted by molar-refractivity contribution is 6.14. The van der Waals surface area contributed by atoms with Gasteiger partial charge in [-0.05, 0) is 42.0 Å². The van der Waals surface area contributed by atoms with E-state index in [4.69, 9.17) is 14.2 Å². The normalized spacial score (nSPS) is 12.4. The van der Waals surface area contributed by atoms with E-state index in [1.165, 1.54) is 0 Å². The lowest BCUT2D eigenvalue weighted by Gasteiger charge is -2.04. The number of carbonyl (C=O) groups is 1. The minimum atomic E-state index is -0.368. The predicted molar refractivity (Wildman–Crippen MR) is 92.6 cm³/mol. The number of rotatable bonds is 6. The first kappa shape index (κ1) is 16.3. The fourth-order valence-corrected chi connectivity index (χ4v) is 2.32. The SMILES string of the molecule is C=CCOc1ccc(C=C(C#N)C(=O)c2ccc3c(c2)OCO3)cc1. The van der Waals surface area contributed by atoms with Crippen LogP contribution in [-0.2, 0) is 0 Å². The second-order valence-corrected chi connectivity index (χ2v) is 5.24. The van der Waals surface area contributed by atoms with Gasteiger partial charge in [-0.25, -0.2) is 0 Å². The molecule has 5 heteroatoms. The number of hydrogen-bond acceptors (Lipinski definition) is 5. The first-order valence-electron chi connectivity index (χ1n) is 7.61. The van der Waals surface area contributed by atoms with Crippen LogP contribution in [0.15, 0.2) is 60.7 Å². The molecule has 0 atom stereocenters. The van der Waals surface area contributed by atoms with Crippen molar-refractivity contribution in [3.05, 3.63) is 71.8 Å². The number of ether oxygens (including phenoxy) is 3. The highest BCUT2D eigenvalue weighted by Crippen LogP contribution is 2.33. The third-order valence-electron chi connectivity index (χ3n) is 3.56. The topological polar surface area (TPSA) is 68.5 Å². The fraction of sp³-hybridized carbons (Fsp3) is 0.100. The zero-order valence-corrected chi connectivity index (χ0v) is 13.4. The number of allylic oxidation sites excluding steroid dienone is 1. The van der Waals surface area contributed by atoms with Gasteiger partial charge in [-0.3, -0.25) is 4.79 Å². The number of benzene rings is 2. The Bertz CT molecular complexity index is 876. The molecule has 0 radical (unpaired) electrons. The van der Waals surface area contributed by atoms with E-state index >= 15 is 0 Å². The number of ketones is 1. The number of fused-ring (bicyclic) bond motifs is 1. The van der Waals surface area contributed by atoms with Crippen LogP contribution in [0.5, 0.6) is 17.2 Å². The van der Waals surface area contributed by atoms with Crippen molar-refractivity contribution in [1.29, 1.82) is 5.26 Å². The summed E-state index contributed by atoms with van der Waals surface area (Å²) in [4.78, 5) is 12.6. The van der Waals surface area contributed by atoms with Gasteiger partial charge in [0.2, 0.25) is 12.6 Å². The maximum absolute atomic E-state index is 12.6. The van der Waals surface area contributed by atoms with Crippen LogP contribution in [0.25, 0.3) is 6.08 Å². The molecule has 2 aromatic carbocycles. The summed E-state index contributed by atoms with van der Waals surface area (Å²) >= 11 is 0. The molecule has 0 amide bonds. The molecule has 0 spiro atoms. The van der Waals surface area contributed by atoms with Crippen LogP contribution >= 0.6 is 0 Å². The number of nitrogens with zero attached hydrogens (tertiary/aromatic N) is 1. The molecule has 0 fully saturated rings. The first-order chi connectivity index (χ1) is 12.2. The summed E-state index contributed by atoms with van der Waals surface area (Å²) in [5.74, 6) is 1.42. The van der Waals surface area contributed by atoms with Crippen LogP contribution in [0.4, 0.5) is 0 Å². The molecule has 0 aromatic heterocycles. The van der Waals surface area contributed by atoms with Crippen LogP contribution in [0, 0.1) is 11.3 Å². The second kappa shape index (κ2) is 7.37. The van der Waals surface area contributed by atoms with Crippen LogP contribution in [0.2, 0.25) is 0 Å². The van der Waals surface area contributed by atoms with Crippen LogP contribution in [-0.4, -0.2) is 19.2 Å². The smallest absolute Gasteiger partial charge is 0.231 e. The molecule has 0 N–H and O–H groups in total. The summed E-state index contributed by atoms with van der Waals surface area (Å²) < 4.78 is 15.9. The molecule has 0 bridgehead atoms. The predicted octanol–water partition coefficient (Wildman–Crippen LogP) is 3.77. The van der Waals surface area contributed by atoms with Gasteiger partial charge in [-0.1, -0.05) is 24.8 Å². The number of carbonyl (C=O) groups excluding carboxylic acids is 1. The summed E-state index contributed by atoms with van der Waals surface area (Å²) in [7, 11) is 0. The molecular formula is C20H15NO4. The summed E-state index contributed by atoms with van der Waals surface area (Å²) in [6.45, 7) is 4.14. The fourth-order valence-electron chi connectivity index (χ4n) is 2.32. The van der Waals surface area contributed by atoms with Gasteiger partial charge in [0.05, 0.1) is 0 Å². The molecule has 1 aliphatic heterocycles. The van der Waals surface area contributed by atoms with Crippen molar-refractivity contribution in [2.45, 2.75) is 0 Å². The van der Waals surface area contributed by atoms with Gasteiger partial charge in [0.15, 0.2) is 11.5 Å². The number of Topliss-reactive ketones (excluding diaryl/α,β-unsaturated/α-hetero) is 1. The van der Waals surface area contributed by atoms with Gasteiger partial charge in [0, 0.05) is 5.56 Å². The van der Waals surface area contributed by atoms with E-state index in [9.17, 15) is 10.1 Å². The van der Waals surface area contributed by atoms with Crippen molar-refractivity contribution in [2.24, 2.45) is 0 Å². The van der Waals surface area contributed by atoms with Gasteiger partial charge in [-0.2, -0.15) is 5.26 Å². The molecule has 1 heterocycles. The molecule has 25 heavy (non-hydrogen) atoms. The molecule has 5 nitrogen and oxygen atoms in total. The minimum Gasteiger partial charge on any atom is -0.490 e. The molecular weight excluding hydrogens is 318 g/mol. The quantitative estimate of drug-likeness (QED) is 0.348. The van der Waals surface area contributed by atoms with Crippen LogP contribution in [0.1, 0.15) is 15.9 Å². The highest BCUT2D eigenvalue weighted by atomic mass is 16.7. The summed E-state index contributed by atoms with van der Waals surface area (Å²) in [5, 5.41) is 9.35. The molecule has 0 unspecified atom stereocenters. The summed E-state index contributed by atoms with van der Waals surface area (Å²) in [6, 6.07) is 13.9. The Morgan fingerprint density at radius 3 is 2.68 bits per heavy atom. The highest BCUT2D eigenvalue weighted by Gasteiger charge is 2.18. The number of hydrogen-bond donors (Lipinski definition) is 0. The zero-order chi connectivity index (χ0) is 17.6. The molecule has 0 saturated heterocycles. The molecule has 0 saturated carbocycles. The van der Waals surface area contributed by atoms with Crippen molar-refractivity contribution in [2.75, 3.05) is 13.4 Å². The van der Waals surface area contributed by atoms with E-state index < -0.39 is 0 Å². The second-order valence-electron chi connectivity index (χ2n) is 5.24. The van der Waals surface area contributed by atoms with Gasteiger partial charge in [-0.15, -0.1) is 0 Å². The standard InChI is InChI=1S/C20H15NO4/c1-2-9-23-17-6-3-14(4-7-17)10-16(12-21)20(22)15-5-8-18-19(11-15)25-13-24-18/h2-8,10-11H,1,9,13H2. The summed E-state index contributed by atoms with van der Waals surface area (Å²) in [5.41, 5.74) is 1.15. The Hall–Kier alpha value is -3.52. The van der Waals surface area contributed by atoms with E-state index in [-0.39, 0.29) is 18.1 Å². The average Bonchev–Trinajstić information content (AvgIpc) is 3.12. The Balaban J connectivity index is 1.81. The van der Waals surface area contributed by atoms with Gasteiger partial charge in [0.25, 0.3) is 0 Å². The van der Waals surface area contributed by atoms with Crippen molar-refractivity contribution in [1.82, 2.24) is 0 Å². The maximum atomic E-state index is 12.6. The van der Waals surface area contributed by atoms with Crippen molar-refractivity contribution in [3.8, 4) is 23.3 Å². The Morgan fingerprint density at radius 1 is 1.20 bits per heavy atom. The number of nitriles is 1. The summed E-state index contributed by atoms with van der Waals surface area (Å²) in [6.07, 6.45) is 3.20. The van der Waals surface area contributed by atoms with E-state index in [1.807, 2.05) is 6.07 Å². The molecule has 0 aliphatic carbocycles. The molecule has 124 valence electrons. The van der Waals surface area contributed by atoms with E-state index in [0.29, 0.717) is 29.4 Å². The first-order valence-corrected chi connectivity index (χ1v) is 7.61. The average molecular weight is 333 g/mol. The lowest BCUT2D eigenvalue weighted by molar-refractivity contribution is 0.103. The molecule has 3 rings (SSSR count). The van der Waals surface area contributed by atoms with Crippen LogP contribution in [0.3, 0.4) is 0 Å². The van der Waals surface area contributed by atoms with Crippen molar-refractivity contribution >= 4 is 11.9 Å². The largest absolute Gasteiger partial charge is 0.490 e. The minimum absolute atomic E-state index is 0.0404. The zero-order valence-electron chi connectivity index (χ0n) is 13.4. The Labute approximate surface area is 145 Å². The lowest BCUT2D eigenvalue weighted by Crippen LogP contribution is -2.02. The molecule has 2 aromatic rings. The van der Waals surface area contributed by atoms with Crippen LogP contribution < -0.4 is 14.2 Å². The van der Waals surface area contributed by atoms with E-state index in [0.717, 1.165) is 5.56 Å². The third-order valence-corrected chi connectivity index (χ3v) is 3.56. The van der Waals surface area contributed by atoms with E-state index in [1.54, 1.807) is 54.6 Å². The lowest BCUT2D eigenvalue weighted by atomic mass is 10.0. The van der Waals surface area contributed by atoms with Gasteiger partial charge < -0.3 is 14.2 Å². The third kappa shape index (κ3) is 3.70. The molecule has 1 aliphatic rings. The Morgan fingerprint density at radius 2 is 1.96 bits per heavy atom. The van der Waals surface area contributed by atoms with Crippen molar-refractivity contribution < 1.29 is 19.0 Å². The Kier molecular flexibility index (Phi) is 4.82. The maximum Gasteiger partial charge on any atom is 0.231 e. The van der Waals surface area contributed by atoms with Crippen molar-refractivity contribution in [3.63, 3.8) is 0 Å². The monoisotopic (exact) mass is 333 g/mol.